The van der Waals surface area contributed by atoms with Gasteiger partial charge in [0.15, 0.2) is 0 Å². The molecule has 1 atom stereocenters. The van der Waals surface area contributed by atoms with E-state index in [1.807, 2.05) is 13.8 Å². The van der Waals surface area contributed by atoms with Crippen LogP contribution < -0.4 is 0 Å². The first kappa shape index (κ1) is 17.9. The second-order valence-corrected chi connectivity index (χ2v) is 7.85. The number of hydrogen-bond acceptors (Lipinski definition) is 4. The van der Waals surface area contributed by atoms with Crippen molar-refractivity contribution in [3.05, 3.63) is 11.4 Å². The van der Waals surface area contributed by atoms with E-state index in [0.717, 1.165) is 6.42 Å². The Balaban J connectivity index is 2.23. The number of carbonyl (C=O) groups excluding carboxylic acids is 1. The number of amides is 1. The number of aromatic nitrogens is 2. The third-order valence-corrected chi connectivity index (χ3v) is 6.60. The predicted molar refractivity (Wildman–Crippen MR) is 87.5 cm³/mol. The maximum Gasteiger partial charge on any atom is 0.246 e. The molecule has 1 aliphatic heterocycles. The lowest BCUT2D eigenvalue weighted by Crippen LogP contribution is -2.46. The molecule has 0 aliphatic carbocycles. The predicted octanol–water partition coefficient (Wildman–Crippen LogP) is 1.30. The summed E-state index contributed by atoms with van der Waals surface area (Å²) >= 11 is 0. The lowest BCUT2D eigenvalue weighted by Gasteiger charge is -2.33. The first-order valence-corrected chi connectivity index (χ1v) is 9.57. The van der Waals surface area contributed by atoms with Gasteiger partial charge in [-0.1, -0.05) is 0 Å². The van der Waals surface area contributed by atoms with E-state index in [0.29, 0.717) is 37.4 Å². The van der Waals surface area contributed by atoms with Crippen LogP contribution in [0.2, 0.25) is 0 Å². The van der Waals surface area contributed by atoms with Crippen LogP contribution in [0.25, 0.3) is 0 Å². The lowest BCUT2D eigenvalue weighted by molar-refractivity contribution is -0.136. The fraction of sp³-hybridized carbons (Fsp3) is 0.733. The van der Waals surface area contributed by atoms with Crippen LogP contribution in [0.15, 0.2) is 4.90 Å². The second kappa shape index (κ2) is 7.00. The van der Waals surface area contributed by atoms with Gasteiger partial charge in [-0.3, -0.25) is 9.89 Å². The summed E-state index contributed by atoms with van der Waals surface area (Å²) in [6, 6.07) is 0. The van der Waals surface area contributed by atoms with Gasteiger partial charge < -0.3 is 4.90 Å². The van der Waals surface area contributed by atoms with Crippen LogP contribution in [0.4, 0.5) is 0 Å². The molecule has 1 saturated heterocycles. The number of aryl methyl sites for hydroxylation is 2. The zero-order chi connectivity index (χ0) is 17.2. The van der Waals surface area contributed by atoms with Gasteiger partial charge in [0.1, 0.15) is 4.90 Å². The van der Waals surface area contributed by atoms with Crippen molar-refractivity contribution in [1.82, 2.24) is 19.4 Å². The van der Waals surface area contributed by atoms with Crippen LogP contribution in [0.1, 0.15) is 38.1 Å². The van der Waals surface area contributed by atoms with Gasteiger partial charge in [0, 0.05) is 26.2 Å². The Morgan fingerprint density at radius 3 is 2.52 bits per heavy atom. The normalized spacial score (nSPS) is 19.7. The number of H-pyrrole nitrogens is 1. The Labute approximate surface area is 138 Å². The molecule has 2 rings (SSSR count). The van der Waals surface area contributed by atoms with Crippen molar-refractivity contribution in [2.75, 3.05) is 26.2 Å². The molecule has 0 aromatic carbocycles. The number of hydrogen-bond donors (Lipinski definition) is 1. The molecular formula is C15H26N4O3S. The van der Waals surface area contributed by atoms with E-state index < -0.39 is 10.0 Å². The second-order valence-electron chi connectivity index (χ2n) is 5.98. The Morgan fingerprint density at radius 1 is 1.35 bits per heavy atom. The van der Waals surface area contributed by atoms with E-state index in [4.69, 9.17) is 0 Å². The summed E-state index contributed by atoms with van der Waals surface area (Å²) in [6.07, 6.45) is 1.44. The van der Waals surface area contributed by atoms with Crippen molar-refractivity contribution in [2.45, 2.75) is 45.4 Å². The molecule has 1 N–H and O–H groups in total. The first-order chi connectivity index (χ1) is 10.8. The minimum Gasteiger partial charge on any atom is -0.343 e. The Bertz CT molecular complexity index is 645. The van der Waals surface area contributed by atoms with Crippen molar-refractivity contribution >= 4 is 15.9 Å². The van der Waals surface area contributed by atoms with Crippen molar-refractivity contribution in [3.8, 4) is 0 Å². The number of nitrogens with one attached hydrogen (secondary N) is 1. The minimum absolute atomic E-state index is 0.0514. The zero-order valence-electron chi connectivity index (χ0n) is 14.3. The molecule has 23 heavy (non-hydrogen) atoms. The van der Waals surface area contributed by atoms with E-state index in [1.54, 1.807) is 18.7 Å². The minimum atomic E-state index is -3.62. The monoisotopic (exact) mass is 342 g/mol. The highest BCUT2D eigenvalue weighted by atomic mass is 32.2. The summed E-state index contributed by atoms with van der Waals surface area (Å²) in [5.74, 6) is -0.207. The quantitative estimate of drug-likeness (QED) is 0.874. The molecule has 1 aromatic heterocycles. The largest absolute Gasteiger partial charge is 0.343 e. The summed E-state index contributed by atoms with van der Waals surface area (Å²) in [7, 11) is -3.62. The van der Waals surface area contributed by atoms with Crippen molar-refractivity contribution in [3.63, 3.8) is 0 Å². The summed E-state index contributed by atoms with van der Waals surface area (Å²) in [5, 5.41) is 6.70. The molecule has 8 heteroatoms. The number of nitrogens with zero attached hydrogens (tertiary/aromatic N) is 3. The molecule has 1 fully saturated rings. The molecule has 0 spiro atoms. The summed E-state index contributed by atoms with van der Waals surface area (Å²) in [4.78, 5) is 14.6. The van der Waals surface area contributed by atoms with Crippen LogP contribution in [0.5, 0.6) is 0 Å². The number of piperidine rings is 1. The maximum atomic E-state index is 12.9. The highest BCUT2D eigenvalue weighted by Gasteiger charge is 2.36. The van der Waals surface area contributed by atoms with E-state index >= 15 is 0 Å². The molecule has 130 valence electrons. The molecule has 1 aromatic rings. The molecule has 1 unspecified atom stereocenters. The summed E-state index contributed by atoms with van der Waals surface area (Å²) in [5.41, 5.74) is 1.01. The average Bonchev–Trinajstić information content (AvgIpc) is 2.88. The highest BCUT2D eigenvalue weighted by molar-refractivity contribution is 7.89. The molecule has 1 amide bonds. The fourth-order valence-electron chi connectivity index (χ4n) is 3.21. The van der Waals surface area contributed by atoms with E-state index in [-0.39, 0.29) is 23.3 Å². The molecule has 7 nitrogen and oxygen atoms in total. The van der Waals surface area contributed by atoms with Gasteiger partial charge in [-0.2, -0.15) is 9.40 Å². The number of rotatable bonds is 5. The zero-order valence-corrected chi connectivity index (χ0v) is 15.1. The van der Waals surface area contributed by atoms with Gasteiger partial charge in [-0.05, 0) is 40.5 Å². The Hall–Kier alpha value is -1.41. The van der Waals surface area contributed by atoms with E-state index in [9.17, 15) is 13.2 Å². The number of sulfonamides is 1. The Kier molecular flexibility index (Phi) is 5.46. The average molecular weight is 342 g/mol. The van der Waals surface area contributed by atoms with Crippen LogP contribution in [0, 0.1) is 19.8 Å². The number of aromatic amines is 1. The SMILES string of the molecule is CCN(CC)C(=O)C1CCCN(S(=O)(=O)c2c(C)n[nH]c2C)C1. The van der Waals surface area contributed by atoms with Gasteiger partial charge in [0.25, 0.3) is 0 Å². The van der Waals surface area contributed by atoms with Gasteiger partial charge in [0.05, 0.1) is 17.3 Å². The van der Waals surface area contributed by atoms with E-state index in [1.165, 1.54) is 4.31 Å². The first-order valence-electron chi connectivity index (χ1n) is 8.13. The third-order valence-electron chi connectivity index (χ3n) is 4.47. The molecule has 0 saturated carbocycles. The lowest BCUT2D eigenvalue weighted by atomic mass is 9.98. The third kappa shape index (κ3) is 3.42. The molecular weight excluding hydrogens is 316 g/mol. The van der Waals surface area contributed by atoms with Crippen LogP contribution in [-0.2, 0) is 14.8 Å². The standard InChI is InChI=1S/C15H26N4O3S/c1-5-18(6-2)15(20)13-8-7-9-19(10-13)23(21,22)14-11(3)16-17-12(14)4/h13H,5-10H2,1-4H3,(H,16,17). The summed E-state index contributed by atoms with van der Waals surface area (Å²) < 4.78 is 27.3. The van der Waals surface area contributed by atoms with Gasteiger partial charge in [-0.15, -0.1) is 0 Å². The molecule has 2 heterocycles. The highest BCUT2D eigenvalue weighted by Crippen LogP contribution is 2.27. The van der Waals surface area contributed by atoms with E-state index in [2.05, 4.69) is 10.2 Å². The van der Waals surface area contributed by atoms with Crippen molar-refractivity contribution in [1.29, 1.82) is 0 Å². The molecule has 0 radical (unpaired) electrons. The van der Waals surface area contributed by atoms with Gasteiger partial charge in [-0.25, -0.2) is 8.42 Å². The van der Waals surface area contributed by atoms with Crippen LogP contribution >= 0.6 is 0 Å². The van der Waals surface area contributed by atoms with Crippen LogP contribution in [-0.4, -0.2) is 59.9 Å². The fourth-order valence-corrected chi connectivity index (χ4v) is 5.06. The smallest absolute Gasteiger partial charge is 0.246 e. The van der Waals surface area contributed by atoms with Gasteiger partial charge in [0.2, 0.25) is 15.9 Å². The molecule has 1 aliphatic rings. The van der Waals surface area contributed by atoms with Crippen molar-refractivity contribution < 1.29 is 13.2 Å². The maximum absolute atomic E-state index is 12.9. The summed E-state index contributed by atoms with van der Waals surface area (Å²) in [6.45, 7) is 9.27. The van der Waals surface area contributed by atoms with Crippen molar-refractivity contribution in [2.24, 2.45) is 5.92 Å². The number of carbonyl (C=O) groups is 1. The topological polar surface area (TPSA) is 86.4 Å². The van der Waals surface area contributed by atoms with Gasteiger partial charge >= 0.3 is 0 Å². The Morgan fingerprint density at radius 2 is 2.00 bits per heavy atom. The molecule has 0 bridgehead atoms. The van der Waals surface area contributed by atoms with Crippen LogP contribution in [0.3, 0.4) is 0 Å².